The second kappa shape index (κ2) is 11.0. The Labute approximate surface area is 176 Å². The monoisotopic (exact) mass is 399 g/mol. The highest BCUT2D eigenvalue weighted by Crippen LogP contribution is 2.33. The SMILES string of the molecule is CCc1cc(N(CC)CC)ncc1-c1nc(CC)c(NC(CC)CC)nc1OC. The molecule has 0 fully saturated rings. The zero-order chi connectivity index (χ0) is 21.4. The molecule has 29 heavy (non-hydrogen) atoms. The summed E-state index contributed by atoms with van der Waals surface area (Å²) in [6.07, 6.45) is 5.71. The Morgan fingerprint density at radius 1 is 1.00 bits per heavy atom. The first-order valence-electron chi connectivity index (χ1n) is 11.0. The summed E-state index contributed by atoms with van der Waals surface area (Å²) in [4.78, 5) is 16.8. The molecule has 0 spiro atoms. The van der Waals surface area contributed by atoms with Crippen molar-refractivity contribution in [1.82, 2.24) is 15.0 Å². The number of nitrogens with zero attached hydrogens (tertiary/aromatic N) is 4. The van der Waals surface area contributed by atoms with Gasteiger partial charge < -0.3 is 15.0 Å². The Kier molecular flexibility index (Phi) is 8.68. The van der Waals surface area contributed by atoms with Gasteiger partial charge in [-0.3, -0.25) is 0 Å². The van der Waals surface area contributed by atoms with Crippen molar-refractivity contribution in [3.05, 3.63) is 23.5 Å². The summed E-state index contributed by atoms with van der Waals surface area (Å²) in [5.74, 6) is 2.38. The molecule has 0 aliphatic carbocycles. The second-order valence-corrected chi connectivity index (χ2v) is 7.11. The zero-order valence-electron chi connectivity index (χ0n) is 19.2. The minimum absolute atomic E-state index is 0.381. The number of anilines is 2. The molecule has 0 atom stereocenters. The number of aryl methyl sites for hydroxylation is 2. The molecule has 0 saturated heterocycles. The van der Waals surface area contributed by atoms with E-state index in [0.29, 0.717) is 11.9 Å². The second-order valence-electron chi connectivity index (χ2n) is 7.11. The molecule has 2 aromatic rings. The number of nitrogens with one attached hydrogen (secondary N) is 1. The number of pyridine rings is 1. The summed E-state index contributed by atoms with van der Waals surface area (Å²) < 4.78 is 5.66. The predicted octanol–water partition coefficient (Wildman–Crippen LogP) is 5.12. The number of hydrogen-bond donors (Lipinski definition) is 1. The molecule has 0 amide bonds. The van der Waals surface area contributed by atoms with Crippen molar-refractivity contribution in [3.8, 4) is 17.1 Å². The van der Waals surface area contributed by atoms with Gasteiger partial charge in [0.1, 0.15) is 11.5 Å². The Bertz CT molecular complexity index is 785. The fourth-order valence-electron chi connectivity index (χ4n) is 3.53. The van der Waals surface area contributed by atoms with E-state index in [-0.39, 0.29) is 0 Å². The van der Waals surface area contributed by atoms with Gasteiger partial charge in [-0.25, -0.2) is 9.97 Å². The van der Waals surface area contributed by atoms with Gasteiger partial charge in [-0.1, -0.05) is 27.7 Å². The van der Waals surface area contributed by atoms with E-state index in [1.165, 1.54) is 5.56 Å². The summed E-state index contributed by atoms with van der Waals surface area (Å²) in [5, 5.41) is 3.54. The molecule has 160 valence electrons. The van der Waals surface area contributed by atoms with Gasteiger partial charge in [0, 0.05) is 30.9 Å². The van der Waals surface area contributed by atoms with Gasteiger partial charge in [-0.2, -0.15) is 4.98 Å². The van der Waals surface area contributed by atoms with E-state index in [1.54, 1.807) is 7.11 Å². The van der Waals surface area contributed by atoms with Gasteiger partial charge >= 0.3 is 0 Å². The quantitative estimate of drug-likeness (QED) is 0.566. The topological polar surface area (TPSA) is 63.2 Å². The summed E-state index contributed by atoms with van der Waals surface area (Å²) in [7, 11) is 1.66. The Morgan fingerprint density at radius 2 is 1.69 bits per heavy atom. The Hall–Kier alpha value is -2.37. The van der Waals surface area contributed by atoms with Crippen molar-refractivity contribution < 1.29 is 4.74 Å². The van der Waals surface area contributed by atoms with E-state index < -0.39 is 0 Å². The lowest BCUT2D eigenvalue weighted by Crippen LogP contribution is -2.23. The highest BCUT2D eigenvalue weighted by molar-refractivity contribution is 5.70. The van der Waals surface area contributed by atoms with Crippen molar-refractivity contribution >= 4 is 11.6 Å². The van der Waals surface area contributed by atoms with Crippen LogP contribution in [0.25, 0.3) is 11.3 Å². The van der Waals surface area contributed by atoms with Crippen LogP contribution in [0.5, 0.6) is 5.88 Å². The van der Waals surface area contributed by atoms with Crippen LogP contribution in [0.3, 0.4) is 0 Å². The lowest BCUT2D eigenvalue weighted by molar-refractivity contribution is 0.397. The first kappa shape index (κ1) is 22.9. The van der Waals surface area contributed by atoms with Gasteiger partial charge in [0.15, 0.2) is 5.82 Å². The summed E-state index contributed by atoms with van der Waals surface area (Å²) in [6, 6.07) is 2.55. The maximum atomic E-state index is 5.66. The molecule has 6 heteroatoms. The molecule has 6 nitrogen and oxygen atoms in total. The fraction of sp³-hybridized carbons (Fsp3) is 0.609. The smallest absolute Gasteiger partial charge is 0.242 e. The standard InChI is InChI=1S/C23H37N5O/c1-8-16-14-20(28(12-5)13-6)24-15-18(16)21-23(29-7)27-22(19(11-4)26-21)25-17(9-2)10-3/h14-15,17H,8-13H2,1-7H3,(H,25,27). The Balaban J connectivity index is 2.56. The molecule has 0 bridgehead atoms. The molecule has 2 rings (SSSR count). The minimum atomic E-state index is 0.381. The summed E-state index contributed by atoms with van der Waals surface area (Å²) in [5.41, 5.74) is 3.94. The van der Waals surface area contributed by atoms with Crippen molar-refractivity contribution in [1.29, 1.82) is 0 Å². The maximum absolute atomic E-state index is 5.66. The van der Waals surface area contributed by atoms with Crippen molar-refractivity contribution in [3.63, 3.8) is 0 Å². The molecule has 0 aliphatic rings. The third-order valence-electron chi connectivity index (χ3n) is 5.49. The lowest BCUT2D eigenvalue weighted by Gasteiger charge is -2.22. The lowest BCUT2D eigenvalue weighted by atomic mass is 10.0. The van der Waals surface area contributed by atoms with E-state index in [0.717, 1.165) is 67.4 Å². The van der Waals surface area contributed by atoms with Crippen LogP contribution >= 0.6 is 0 Å². The van der Waals surface area contributed by atoms with Crippen LogP contribution in [0.1, 0.15) is 65.6 Å². The van der Waals surface area contributed by atoms with Gasteiger partial charge in [0.05, 0.1) is 12.8 Å². The molecule has 0 aliphatic heterocycles. The molecular formula is C23H37N5O. The third kappa shape index (κ3) is 5.17. The van der Waals surface area contributed by atoms with E-state index in [4.69, 9.17) is 19.7 Å². The largest absolute Gasteiger partial charge is 0.479 e. The first-order valence-corrected chi connectivity index (χ1v) is 11.0. The van der Waals surface area contributed by atoms with Gasteiger partial charge in [-0.15, -0.1) is 0 Å². The molecular weight excluding hydrogens is 362 g/mol. The van der Waals surface area contributed by atoms with Crippen LogP contribution < -0.4 is 15.0 Å². The molecule has 1 N–H and O–H groups in total. The number of methoxy groups -OCH3 is 1. The van der Waals surface area contributed by atoms with Crippen LogP contribution in [0.15, 0.2) is 12.3 Å². The number of hydrogen-bond acceptors (Lipinski definition) is 6. The van der Waals surface area contributed by atoms with Gasteiger partial charge in [0.2, 0.25) is 5.88 Å². The van der Waals surface area contributed by atoms with Crippen LogP contribution in [-0.2, 0) is 12.8 Å². The molecule has 0 aromatic carbocycles. The van der Waals surface area contributed by atoms with Crippen LogP contribution in [0, 0.1) is 0 Å². The van der Waals surface area contributed by atoms with E-state index in [1.807, 2.05) is 6.20 Å². The zero-order valence-corrected chi connectivity index (χ0v) is 19.2. The molecule has 2 heterocycles. The molecule has 0 unspecified atom stereocenters. The summed E-state index contributed by atoms with van der Waals surface area (Å²) in [6.45, 7) is 14.8. The van der Waals surface area contributed by atoms with E-state index in [2.05, 4.69) is 57.8 Å². The Morgan fingerprint density at radius 3 is 2.21 bits per heavy atom. The van der Waals surface area contributed by atoms with Gasteiger partial charge in [-0.05, 0) is 51.2 Å². The average Bonchev–Trinajstić information content (AvgIpc) is 2.77. The van der Waals surface area contributed by atoms with E-state index in [9.17, 15) is 0 Å². The fourth-order valence-corrected chi connectivity index (χ4v) is 3.53. The molecule has 0 radical (unpaired) electrons. The first-order chi connectivity index (χ1) is 14.1. The minimum Gasteiger partial charge on any atom is -0.479 e. The molecule has 0 saturated carbocycles. The highest BCUT2D eigenvalue weighted by atomic mass is 16.5. The summed E-state index contributed by atoms with van der Waals surface area (Å²) >= 11 is 0. The number of ether oxygens (including phenoxy) is 1. The van der Waals surface area contributed by atoms with E-state index >= 15 is 0 Å². The van der Waals surface area contributed by atoms with Crippen molar-refractivity contribution in [2.45, 2.75) is 73.3 Å². The van der Waals surface area contributed by atoms with Crippen LogP contribution in [0.2, 0.25) is 0 Å². The van der Waals surface area contributed by atoms with Gasteiger partial charge in [0.25, 0.3) is 0 Å². The average molecular weight is 400 g/mol. The molecule has 2 aromatic heterocycles. The van der Waals surface area contributed by atoms with Crippen molar-refractivity contribution in [2.75, 3.05) is 30.4 Å². The van der Waals surface area contributed by atoms with Crippen LogP contribution in [-0.4, -0.2) is 41.2 Å². The van der Waals surface area contributed by atoms with Crippen molar-refractivity contribution in [2.24, 2.45) is 0 Å². The van der Waals surface area contributed by atoms with Crippen LogP contribution in [0.4, 0.5) is 11.6 Å². The predicted molar refractivity (Wildman–Crippen MR) is 122 cm³/mol. The third-order valence-corrected chi connectivity index (χ3v) is 5.49. The normalized spacial score (nSPS) is 11.0. The number of aromatic nitrogens is 3. The highest BCUT2D eigenvalue weighted by Gasteiger charge is 2.20. The maximum Gasteiger partial charge on any atom is 0.242 e. The number of rotatable bonds is 11.